The van der Waals surface area contributed by atoms with Crippen LogP contribution < -0.4 is 4.74 Å². The van der Waals surface area contributed by atoms with Crippen molar-refractivity contribution in [1.29, 1.82) is 0 Å². The van der Waals surface area contributed by atoms with Gasteiger partial charge in [-0.05, 0) is 18.2 Å². The zero-order valence-electron chi connectivity index (χ0n) is 9.29. The lowest BCUT2D eigenvalue weighted by atomic mass is 10.3. The van der Waals surface area contributed by atoms with Crippen molar-refractivity contribution in [3.05, 3.63) is 53.4 Å². The van der Waals surface area contributed by atoms with Gasteiger partial charge in [0.15, 0.2) is 11.5 Å². The largest absolute Gasteiger partial charge is 0.451 e. The third-order valence-corrected chi connectivity index (χ3v) is 4.89. The molecule has 0 bridgehead atoms. The molecule has 0 heterocycles. The van der Waals surface area contributed by atoms with E-state index in [1.54, 1.807) is 0 Å². The Hall–Kier alpha value is 0.270. The SMILES string of the molecule is Clc1cc(Cl)c(Oc2c(Cl)ccc(Cl)c2Cl)c(Cl)c1Cl. The average Bonchev–Trinajstić information content (AvgIpc) is 2.40. The molecule has 0 saturated carbocycles. The predicted molar refractivity (Wildman–Crippen MR) is 88.0 cm³/mol. The first-order valence-electron chi connectivity index (χ1n) is 4.97. The van der Waals surface area contributed by atoms with Gasteiger partial charge in [0.25, 0.3) is 0 Å². The lowest BCUT2D eigenvalue weighted by molar-refractivity contribution is 0.484. The van der Waals surface area contributed by atoms with Crippen LogP contribution in [0.1, 0.15) is 0 Å². The van der Waals surface area contributed by atoms with Crippen LogP contribution in [0.2, 0.25) is 35.2 Å². The summed E-state index contributed by atoms with van der Waals surface area (Å²) in [6, 6.07) is 4.47. The minimum Gasteiger partial charge on any atom is -0.451 e. The molecule has 0 N–H and O–H groups in total. The molecule has 0 saturated heterocycles. The van der Waals surface area contributed by atoms with Gasteiger partial charge in [-0.25, -0.2) is 0 Å². The van der Waals surface area contributed by atoms with Crippen LogP contribution in [0.3, 0.4) is 0 Å². The van der Waals surface area contributed by atoms with Crippen molar-refractivity contribution < 1.29 is 4.74 Å². The summed E-state index contributed by atoms with van der Waals surface area (Å²) >= 11 is 41.8. The predicted octanol–water partition coefficient (Wildman–Crippen LogP) is 8.05. The van der Waals surface area contributed by atoms with Gasteiger partial charge in [-0.3, -0.25) is 0 Å². The van der Waals surface area contributed by atoms with Crippen LogP contribution in [-0.4, -0.2) is 0 Å². The van der Waals surface area contributed by atoms with Crippen LogP contribution >= 0.6 is 81.2 Å². The second-order valence-electron chi connectivity index (χ2n) is 3.57. The summed E-state index contributed by atoms with van der Waals surface area (Å²) < 4.78 is 5.56. The first-order valence-corrected chi connectivity index (χ1v) is 7.61. The van der Waals surface area contributed by atoms with Gasteiger partial charge in [-0.2, -0.15) is 0 Å². The molecule has 20 heavy (non-hydrogen) atoms. The molecule has 0 radical (unpaired) electrons. The molecule has 0 spiro atoms. The molecule has 1 nitrogen and oxygen atoms in total. The highest BCUT2D eigenvalue weighted by Gasteiger charge is 2.19. The minimum absolute atomic E-state index is 0.0521. The minimum atomic E-state index is 0.0521. The Balaban J connectivity index is 2.57. The smallest absolute Gasteiger partial charge is 0.166 e. The Bertz CT molecular complexity index is 684. The summed E-state index contributed by atoms with van der Waals surface area (Å²) in [4.78, 5) is 0. The van der Waals surface area contributed by atoms with Crippen LogP contribution in [0.25, 0.3) is 0 Å². The Kier molecular flexibility index (Phi) is 5.47. The Morgan fingerprint density at radius 3 is 1.75 bits per heavy atom. The summed E-state index contributed by atoms with van der Waals surface area (Å²) in [5.74, 6) is 0.219. The van der Waals surface area contributed by atoms with E-state index < -0.39 is 0 Å². The van der Waals surface area contributed by atoms with E-state index in [1.165, 1.54) is 18.2 Å². The third-order valence-electron chi connectivity index (χ3n) is 2.28. The second kappa shape index (κ2) is 6.58. The molecular formula is C12H3Cl7O. The molecular weight excluding hydrogens is 408 g/mol. The first kappa shape index (κ1) is 16.6. The Labute approximate surface area is 150 Å². The topological polar surface area (TPSA) is 9.23 Å². The molecule has 2 aromatic rings. The van der Waals surface area contributed by atoms with E-state index >= 15 is 0 Å². The van der Waals surface area contributed by atoms with Crippen LogP contribution in [-0.2, 0) is 0 Å². The zero-order chi connectivity index (χ0) is 15.0. The summed E-state index contributed by atoms with van der Waals surface area (Å²) in [7, 11) is 0. The van der Waals surface area contributed by atoms with Gasteiger partial charge in [0.1, 0.15) is 10.0 Å². The summed E-state index contributed by atoms with van der Waals surface area (Å²) in [5.41, 5.74) is 0. The molecule has 8 heteroatoms. The van der Waals surface area contributed by atoms with E-state index in [9.17, 15) is 0 Å². The lowest BCUT2D eigenvalue weighted by Gasteiger charge is -2.14. The summed E-state index contributed by atoms with van der Waals surface area (Å²) in [5, 5.41) is 1.19. The quantitative estimate of drug-likeness (QED) is 0.359. The maximum Gasteiger partial charge on any atom is 0.166 e. The number of rotatable bonds is 2. The van der Waals surface area contributed by atoms with Crippen LogP contribution in [0.15, 0.2) is 18.2 Å². The van der Waals surface area contributed by atoms with Gasteiger partial charge in [0.2, 0.25) is 0 Å². The highest BCUT2D eigenvalue weighted by Crippen LogP contribution is 2.47. The number of hydrogen-bond acceptors (Lipinski definition) is 1. The van der Waals surface area contributed by atoms with E-state index in [0.29, 0.717) is 0 Å². The standard InChI is InChI=1S/C12H3Cl7O/c13-4-1-2-5(14)11(9(4)18)20-12-7(16)3-6(15)8(17)10(12)19/h1-3H. The fourth-order valence-electron chi connectivity index (χ4n) is 1.35. The van der Waals surface area contributed by atoms with Gasteiger partial charge >= 0.3 is 0 Å². The van der Waals surface area contributed by atoms with Crippen molar-refractivity contribution in [2.75, 3.05) is 0 Å². The van der Waals surface area contributed by atoms with Crippen LogP contribution in [0.4, 0.5) is 0 Å². The van der Waals surface area contributed by atoms with Crippen LogP contribution in [0, 0.1) is 0 Å². The van der Waals surface area contributed by atoms with E-state index in [4.69, 9.17) is 85.9 Å². The van der Waals surface area contributed by atoms with E-state index in [0.717, 1.165) is 0 Å². The molecule has 0 aliphatic carbocycles. The van der Waals surface area contributed by atoms with E-state index in [-0.39, 0.29) is 46.7 Å². The van der Waals surface area contributed by atoms with Gasteiger partial charge < -0.3 is 4.74 Å². The molecule has 0 unspecified atom stereocenters. The summed E-state index contributed by atoms with van der Waals surface area (Å²) in [6.07, 6.45) is 0. The molecule has 0 fully saturated rings. The Morgan fingerprint density at radius 2 is 1.10 bits per heavy atom. The molecule has 0 aromatic heterocycles. The molecule has 0 aliphatic heterocycles. The molecule has 0 amide bonds. The van der Waals surface area contributed by atoms with Crippen molar-refractivity contribution in [3.8, 4) is 11.5 Å². The number of ether oxygens (including phenoxy) is 1. The van der Waals surface area contributed by atoms with Crippen molar-refractivity contribution in [1.82, 2.24) is 0 Å². The molecule has 0 atom stereocenters. The monoisotopic (exact) mass is 408 g/mol. The van der Waals surface area contributed by atoms with Gasteiger partial charge in [-0.15, -0.1) is 0 Å². The second-order valence-corrected chi connectivity index (χ2v) is 6.33. The van der Waals surface area contributed by atoms with Crippen molar-refractivity contribution in [2.45, 2.75) is 0 Å². The average molecular weight is 411 g/mol. The van der Waals surface area contributed by atoms with Gasteiger partial charge in [0.05, 0.1) is 25.1 Å². The molecule has 106 valence electrons. The van der Waals surface area contributed by atoms with Crippen molar-refractivity contribution in [3.63, 3.8) is 0 Å². The normalized spacial score (nSPS) is 10.8. The highest BCUT2D eigenvalue weighted by atomic mass is 35.5. The van der Waals surface area contributed by atoms with Crippen molar-refractivity contribution in [2.24, 2.45) is 0 Å². The lowest BCUT2D eigenvalue weighted by Crippen LogP contribution is -1.90. The van der Waals surface area contributed by atoms with Gasteiger partial charge in [0, 0.05) is 0 Å². The maximum absolute atomic E-state index is 6.05. The molecule has 2 aromatic carbocycles. The highest BCUT2D eigenvalue weighted by molar-refractivity contribution is 6.50. The fraction of sp³-hybridized carbons (Fsp3) is 0. The molecule has 2 rings (SSSR count). The third kappa shape index (κ3) is 3.20. The maximum atomic E-state index is 6.05. The van der Waals surface area contributed by atoms with E-state index in [1.807, 2.05) is 0 Å². The number of benzene rings is 2. The fourth-order valence-corrected chi connectivity index (χ4v) is 2.92. The first-order chi connectivity index (χ1) is 9.32. The number of hydrogen-bond donors (Lipinski definition) is 0. The number of halogens is 7. The zero-order valence-corrected chi connectivity index (χ0v) is 14.6. The summed E-state index contributed by atoms with van der Waals surface area (Å²) in [6.45, 7) is 0. The van der Waals surface area contributed by atoms with Crippen LogP contribution in [0.5, 0.6) is 11.5 Å². The van der Waals surface area contributed by atoms with Crippen molar-refractivity contribution >= 4 is 81.2 Å². The Morgan fingerprint density at radius 1 is 0.550 bits per heavy atom. The molecule has 0 aliphatic rings. The van der Waals surface area contributed by atoms with E-state index in [2.05, 4.69) is 0 Å². The van der Waals surface area contributed by atoms with Gasteiger partial charge in [-0.1, -0.05) is 81.2 Å².